The van der Waals surface area contributed by atoms with E-state index in [1.165, 1.54) is 30.5 Å². The Balaban J connectivity index is 1.85. The Hall–Kier alpha value is -0.0700. The van der Waals surface area contributed by atoms with Crippen LogP contribution >= 0.6 is 15.9 Å². The SMILES string of the molecule is CC(C)CN1CCC2(CC1)Cc1ccc(Br)cc1[C@H]2N[S+]([O-])C(C)(C)C. The number of hydrogen-bond donors (Lipinski definition) is 1. The number of rotatable bonds is 4. The van der Waals surface area contributed by atoms with Crippen LogP contribution in [0.5, 0.6) is 0 Å². The van der Waals surface area contributed by atoms with E-state index in [9.17, 15) is 4.55 Å². The van der Waals surface area contributed by atoms with E-state index in [0.717, 1.165) is 24.0 Å². The van der Waals surface area contributed by atoms with Crippen molar-refractivity contribution in [2.24, 2.45) is 11.3 Å². The molecule has 1 aliphatic carbocycles. The van der Waals surface area contributed by atoms with E-state index in [1.807, 2.05) is 20.8 Å². The lowest BCUT2D eigenvalue weighted by Crippen LogP contribution is -2.50. The van der Waals surface area contributed by atoms with Gasteiger partial charge in [0.2, 0.25) is 0 Å². The van der Waals surface area contributed by atoms with Gasteiger partial charge in [-0.2, -0.15) is 0 Å². The van der Waals surface area contributed by atoms with Crippen LogP contribution in [0.1, 0.15) is 64.6 Å². The third-order valence-electron chi connectivity index (χ3n) is 5.83. The maximum atomic E-state index is 12.9. The van der Waals surface area contributed by atoms with Gasteiger partial charge >= 0.3 is 0 Å². The van der Waals surface area contributed by atoms with Gasteiger partial charge in [-0.05, 0) is 82.3 Å². The molecule has 3 nitrogen and oxygen atoms in total. The average Bonchev–Trinajstić information content (AvgIpc) is 2.82. The second kappa shape index (κ2) is 7.75. The highest BCUT2D eigenvalue weighted by molar-refractivity contribution is 9.10. The first-order valence-electron chi connectivity index (χ1n) is 9.79. The summed E-state index contributed by atoms with van der Waals surface area (Å²) in [6, 6.07) is 6.81. The fourth-order valence-electron chi connectivity index (χ4n) is 4.44. The molecule has 0 saturated carbocycles. The Kier molecular flexibility index (Phi) is 6.15. The summed E-state index contributed by atoms with van der Waals surface area (Å²) < 4.78 is 17.3. The van der Waals surface area contributed by atoms with Gasteiger partial charge in [0.25, 0.3) is 0 Å². The number of piperidine rings is 1. The number of nitrogens with one attached hydrogen (secondary N) is 1. The Morgan fingerprint density at radius 3 is 2.54 bits per heavy atom. The highest BCUT2D eigenvalue weighted by Crippen LogP contribution is 2.53. The molecule has 0 amide bonds. The van der Waals surface area contributed by atoms with Gasteiger partial charge in [-0.25, -0.2) is 0 Å². The van der Waals surface area contributed by atoms with E-state index in [-0.39, 0.29) is 16.2 Å². The molecule has 26 heavy (non-hydrogen) atoms. The highest BCUT2D eigenvalue weighted by Gasteiger charge is 2.50. The van der Waals surface area contributed by atoms with Crippen LogP contribution in [0.3, 0.4) is 0 Å². The van der Waals surface area contributed by atoms with Crippen LogP contribution in [0.25, 0.3) is 0 Å². The van der Waals surface area contributed by atoms with E-state index in [4.69, 9.17) is 0 Å². The van der Waals surface area contributed by atoms with Crippen molar-refractivity contribution in [3.05, 3.63) is 33.8 Å². The molecule has 1 spiro atoms. The molecule has 1 saturated heterocycles. The molecule has 1 unspecified atom stereocenters. The molecule has 2 atom stereocenters. The summed E-state index contributed by atoms with van der Waals surface area (Å²) in [6.07, 6.45) is 3.44. The third kappa shape index (κ3) is 4.33. The van der Waals surface area contributed by atoms with Crippen LogP contribution < -0.4 is 4.72 Å². The van der Waals surface area contributed by atoms with Crippen LogP contribution in [0, 0.1) is 11.3 Å². The molecule has 1 aliphatic heterocycles. The van der Waals surface area contributed by atoms with Crippen molar-refractivity contribution in [3.8, 4) is 0 Å². The molecule has 1 aromatic carbocycles. The zero-order chi connectivity index (χ0) is 19.1. The number of hydrogen-bond acceptors (Lipinski definition) is 3. The number of fused-ring (bicyclic) bond motifs is 1. The largest absolute Gasteiger partial charge is 0.598 e. The Morgan fingerprint density at radius 2 is 1.96 bits per heavy atom. The molecule has 2 aliphatic rings. The smallest absolute Gasteiger partial charge is 0.136 e. The lowest BCUT2D eigenvalue weighted by atomic mass is 9.73. The molecule has 3 rings (SSSR count). The van der Waals surface area contributed by atoms with Crippen LogP contribution in [0.4, 0.5) is 0 Å². The topological polar surface area (TPSA) is 38.3 Å². The van der Waals surface area contributed by atoms with Crippen molar-refractivity contribution in [3.63, 3.8) is 0 Å². The van der Waals surface area contributed by atoms with Gasteiger partial charge in [0.1, 0.15) is 4.75 Å². The van der Waals surface area contributed by atoms with Crippen molar-refractivity contribution < 1.29 is 4.55 Å². The highest BCUT2D eigenvalue weighted by atomic mass is 79.9. The molecule has 0 bridgehead atoms. The summed E-state index contributed by atoms with van der Waals surface area (Å²) >= 11 is 2.57. The number of likely N-dealkylation sites (tertiary alicyclic amines) is 1. The van der Waals surface area contributed by atoms with Crippen LogP contribution in [0.15, 0.2) is 22.7 Å². The third-order valence-corrected chi connectivity index (χ3v) is 7.89. The average molecular weight is 441 g/mol. The Labute approximate surface area is 170 Å². The van der Waals surface area contributed by atoms with Gasteiger partial charge in [0.15, 0.2) is 0 Å². The van der Waals surface area contributed by atoms with Gasteiger partial charge < -0.3 is 9.45 Å². The fraction of sp³-hybridized carbons (Fsp3) is 0.714. The minimum absolute atomic E-state index is 0.177. The molecule has 0 aromatic heterocycles. The second-order valence-corrected chi connectivity index (χ2v) is 12.4. The molecule has 1 heterocycles. The van der Waals surface area contributed by atoms with Gasteiger partial charge in [0, 0.05) is 27.8 Å². The summed E-state index contributed by atoms with van der Waals surface area (Å²) in [5.74, 6) is 0.711. The van der Waals surface area contributed by atoms with Crippen molar-refractivity contribution in [1.82, 2.24) is 9.62 Å². The molecular weight excluding hydrogens is 408 g/mol. The number of halogens is 1. The van der Waals surface area contributed by atoms with E-state index < -0.39 is 11.4 Å². The summed E-state index contributed by atoms with van der Waals surface area (Å²) in [7, 11) is 0. The quantitative estimate of drug-likeness (QED) is 0.680. The predicted octanol–water partition coefficient (Wildman–Crippen LogP) is 4.84. The van der Waals surface area contributed by atoms with E-state index >= 15 is 0 Å². The molecule has 0 radical (unpaired) electrons. The zero-order valence-electron chi connectivity index (χ0n) is 16.8. The molecular formula is C21H33BrN2OS. The standard InChI is InChI=1S/C21H33BrN2OS/c1-15(2)14-24-10-8-21(9-11-24)13-16-6-7-17(22)12-18(16)19(21)23-26(25)20(3,4)5/h6-7,12,15,19,23H,8-11,13-14H2,1-5H3/t19-,26?/m1/s1. The molecule has 5 heteroatoms. The second-order valence-electron chi connectivity index (χ2n) is 9.51. The van der Waals surface area contributed by atoms with Crippen LogP contribution in [-0.2, 0) is 17.8 Å². The van der Waals surface area contributed by atoms with E-state index in [0.29, 0.717) is 5.92 Å². The predicted molar refractivity (Wildman–Crippen MR) is 115 cm³/mol. The van der Waals surface area contributed by atoms with Gasteiger partial charge in [0.05, 0.1) is 6.04 Å². The summed E-state index contributed by atoms with van der Waals surface area (Å²) in [5, 5.41) is 0. The van der Waals surface area contributed by atoms with Crippen molar-refractivity contribution in [1.29, 1.82) is 0 Å². The first-order chi connectivity index (χ1) is 12.1. The minimum Gasteiger partial charge on any atom is -0.598 e. The monoisotopic (exact) mass is 440 g/mol. The zero-order valence-corrected chi connectivity index (χ0v) is 19.2. The summed E-state index contributed by atoms with van der Waals surface area (Å²) in [4.78, 5) is 2.60. The maximum absolute atomic E-state index is 12.9. The van der Waals surface area contributed by atoms with E-state index in [1.54, 1.807) is 0 Å². The molecule has 1 N–H and O–H groups in total. The van der Waals surface area contributed by atoms with Gasteiger partial charge in [-0.1, -0.05) is 35.8 Å². The number of benzene rings is 1. The number of nitrogens with zero attached hydrogens (tertiary/aromatic N) is 1. The van der Waals surface area contributed by atoms with Crippen LogP contribution in [-0.4, -0.2) is 33.8 Å². The lowest BCUT2D eigenvalue weighted by molar-refractivity contribution is 0.0773. The summed E-state index contributed by atoms with van der Waals surface area (Å²) in [6.45, 7) is 14.2. The molecule has 1 aromatic rings. The first kappa shape index (κ1) is 20.7. The molecule has 1 fully saturated rings. The van der Waals surface area contributed by atoms with Crippen LogP contribution in [0.2, 0.25) is 0 Å². The Bertz CT molecular complexity index is 635. The minimum atomic E-state index is -1.07. The first-order valence-corrected chi connectivity index (χ1v) is 11.7. The van der Waals surface area contributed by atoms with Crippen molar-refractivity contribution >= 4 is 27.3 Å². The summed E-state index contributed by atoms with van der Waals surface area (Å²) in [5.41, 5.74) is 2.96. The Morgan fingerprint density at radius 1 is 1.31 bits per heavy atom. The fourth-order valence-corrected chi connectivity index (χ4v) is 5.77. The van der Waals surface area contributed by atoms with Crippen molar-refractivity contribution in [2.45, 2.75) is 64.7 Å². The normalized spacial score (nSPS) is 24.2. The van der Waals surface area contributed by atoms with Crippen molar-refractivity contribution in [2.75, 3.05) is 19.6 Å². The molecule has 146 valence electrons. The van der Waals surface area contributed by atoms with E-state index in [2.05, 4.69) is 57.6 Å². The lowest BCUT2D eigenvalue weighted by Gasteiger charge is -2.44. The van der Waals surface area contributed by atoms with Gasteiger partial charge in [-0.15, -0.1) is 4.72 Å². The van der Waals surface area contributed by atoms with Gasteiger partial charge in [-0.3, -0.25) is 0 Å². The maximum Gasteiger partial charge on any atom is 0.136 e.